The first-order chi connectivity index (χ1) is 12.2. The Bertz CT molecular complexity index is 958. The number of halogens is 3. The van der Waals surface area contributed by atoms with Gasteiger partial charge < -0.3 is 10.8 Å². The van der Waals surface area contributed by atoms with Gasteiger partial charge in [0.2, 0.25) is 0 Å². The van der Waals surface area contributed by atoms with E-state index in [1.807, 2.05) is 0 Å². The first-order valence-electron chi connectivity index (χ1n) is 7.37. The molecule has 0 saturated carbocycles. The molecular formula is C18H15F3N2O2S. The van der Waals surface area contributed by atoms with Crippen LogP contribution in [0.3, 0.4) is 0 Å². The molecule has 0 spiro atoms. The highest BCUT2D eigenvalue weighted by Gasteiger charge is 2.13. The number of hydrogen-bond acceptors (Lipinski definition) is 4. The number of nitrogens with two attached hydrogens (primary N) is 1. The number of hydrogen-bond donors (Lipinski definition) is 2. The van der Waals surface area contributed by atoms with E-state index < -0.39 is 23.4 Å². The number of carboxylic acid groups (broad SMARTS) is 1. The van der Waals surface area contributed by atoms with Gasteiger partial charge in [-0.1, -0.05) is 18.2 Å². The van der Waals surface area contributed by atoms with Gasteiger partial charge in [-0.2, -0.15) is 0 Å². The highest BCUT2D eigenvalue weighted by atomic mass is 32.1. The molecule has 0 amide bonds. The molecule has 3 aromatic rings. The van der Waals surface area contributed by atoms with Crippen LogP contribution in [0, 0.1) is 31.3 Å². The second-order valence-corrected chi connectivity index (χ2v) is 6.49. The largest absolute Gasteiger partial charge is 0.477 e. The van der Waals surface area contributed by atoms with Gasteiger partial charge in [0, 0.05) is 22.9 Å². The third-order valence-electron chi connectivity index (χ3n) is 3.36. The maximum absolute atomic E-state index is 13.4. The molecule has 3 rings (SSSR count). The van der Waals surface area contributed by atoms with Crippen molar-refractivity contribution in [1.29, 1.82) is 0 Å². The Morgan fingerprint density at radius 3 is 2.15 bits per heavy atom. The maximum Gasteiger partial charge on any atom is 0.347 e. The molecule has 0 atom stereocenters. The smallest absolute Gasteiger partial charge is 0.347 e. The Labute approximate surface area is 151 Å². The average Bonchev–Trinajstić information content (AvgIpc) is 2.91. The number of nitrogen functional groups attached to an aromatic ring is 1. The number of rotatable bonds is 2. The summed E-state index contributed by atoms with van der Waals surface area (Å²) in [5.41, 5.74) is 6.85. The van der Waals surface area contributed by atoms with Crippen LogP contribution in [0.2, 0.25) is 0 Å². The molecule has 2 aromatic carbocycles. The predicted molar refractivity (Wildman–Crippen MR) is 94.7 cm³/mol. The van der Waals surface area contributed by atoms with Crippen molar-refractivity contribution in [3.05, 3.63) is 69.4 Å². The fraction of sp³-hybridized carbons (Fsp3) is 0.111. The van der Waals surface area contributed by atoms with Gasteiger partial charge in [0.25, 0.3) is 0 Å². The number of carbonyl (C=O) groups is 1. The van der Waals surface area contributed by atoms with E-state index >= 15 is 0 Å². The predicted octanol–water partition coefficient (Wildman–Crippen LogP) is 4.81. The van der Waals surface area contributed by atoms with Gasteiger partial charge in [-0.3, -0.25) is 0 Å². The first kappa shape index (κ1) is 19.5. The summed E-state index contributed by atoms with van der Waals surface area (Å²) >= 11 is 1.21. The lowest BCUT2D eigenvalue weighted by atomic mass is 10.0. The number of para-hydroxylation sites is 1. The number of thiazole rings is 1. The number of anilines is 1. The van der Waals surface area contributed by atoms with Gasteiger partial charge in [0.15, 0.2) is 11.6 Å². The van der Waals surface area contributed by atoms with Gasteiger partial charge in [-0.25, -0.2) is 22.9 Å². The van der Waals surface area contributed by atoms with Crippen LogP contribution in [0.15, 0.2) is 36.4 Å². The van der Waals surface area contributed by atoms with Crippen LogP contribution in [-0.2, 0) is 0 Å². The summed E-state index contributed by atoms with van der Waals surface area (Å²) in [6.07, 6.45) is 0. The third-order valence-corrected chi connectivity index (χ3v) is 4.42. The van der Waals surface area contributed by atoms with Crippen molar-refractivity contribution in [2.45, 2.75) is 13.8 Å². The van der Waals surface area contributed by atoms with E-state index in [4.69, 9.17) is 10.8 Å². The van der Waals surface area contributed by atoms with Crippen LogP contribution in [0.1, 0.15) is 20.4 Å². The van der Waals surface area contributed by atoms with Crippen LogP contribution in [0.4, 0.5) is 18.9 Å². The maximum atomic E-state index is 13.4. The standard InChI is InChI=1S/C12H8F3N.C6H7NO2S/c13-9-6-11(15)10(14)5-8(9)7-3-1-2-4-12(7)16;1-3-5(6(8)9)10-4(2)7-3/h1-6H,16H2;1-2H3,(H,8,9). The van der Waals surface area contributed by atoms with Gasteiger partial charge in [-0.05, 0) is 26.0 Å². The minimum absolute atomic E-state index is 0.0444. The van der Waals surface area contributed by atoms with Crippen molar-refractivity contribution in [2.75, 3.05) is 5.73 Å². The van der Waals surface area contributed by atoms with Crippen LogP contribution in [-0.4, -0.2) is 16.1 Å². The topological polar surface area (TPSA) is 76.2 Å². The molecule has 0 radical (unpaired) electrons. The van der Waals surface area contributed by atoms with E-state index in [-0.39, 0.29) is 5.56 Å². The second-order valence-electron chi connectivity index (χ2n) is 5.29. The summed E-state index contributed by atoms with van der Waals surface area (Å²) in [5, 5.41) is 9.35. The van der Waals surface area contributed by atoms with E-state index in [0.717, 1.165) is 11.1 Å². The molecule has 3 N–H and O–H groups in total. The molecule has 0 aliphatic rings. The van der Waals surface area contributed by atoms with Gasteiger partial charge in [-0.15, -0.1) is 11.3 Å². The molecule has 0 fully saturated rings. The molecule has 1 aromatic heterocycles. The molecule has 0 saturated heterocycles. The molecule has 1 heterocycles. The quantitative estimate of drug-likeness (QED) is 0.494. The molecule has 0 aliphatic heterocycles. The molecule has 0 unspecified atom stereocenters. The van der Waals surface area contributed by atoms with Crippen molar-refractivity contribution in [3.8, 4) is 11.1 Å². The fourth-order valence-corrected chi connectivity index (χ4v) is 2.96. The van der Waals surface area contributed by atoms with E-state index in [0.29, 0.717) is 27.9 Å². The molecular weight excluding hydrogens is 365 g/mol. The van der Waals surface area contributed by atoms with E-state index in [2.05, 4.69) is 4.98 Å². The summed E-state index contributed by atoms with van der Waals surface area (Å²) < 4.78 is 39.2. The lowest BCUT2D eigenvalue weighted by Gasteiger charge is -2.07. The van der Waals surface area contributed by atoms with E-state index in [1.54, 1.807) is 38.1 Å². The Morgan fingerprint density at radius 2 is 1.65 bits per heavy atom. The number of nitrogens with zero attached hydrogens (tertiary/aromatic N) is 1. The minimum Gasteiger partial charge on any atom is -0.477 e. The lowest BCUT2D eigenvalue weighted by Crippen LogP contribution is -1.95. The molecule has 26 heavy (non-hydrogen) atoms. The van der Waals surface area contributed by atoms with Crippen LogP contribution in [0.25, 0.3) is 11.1 Å². The zero-order valence-corrected chi connectivity index (χ0v) is 14.7. The van der Waals surface area contributed by atoms with E-state index in [1.165, 1.54) is 11.3 Å². The molecule has 4 nitrogen and oxygen atoms in total. The Balaban J connectivity index is 0.000000209. The summed E-state index contributed by atoms with van der Waals surface area (Å²) in [5.74, 6) is -4.03. The summed E-state index contributed by atoms with van der Waals surface area (Å²) in [4.78, 5) is 14.7. The van der Waals surface area contributed by atoms with Crippen LogP contribution in [0.5, 0.6) is 0 Å². The zero-order valence-electron chi connectivity index (χ0n) is 13.9. The zero-order chi connectivity index (χ0) is 19.4. The second kappa shape index (κ2) is 8.01. The number of benzene rings is 2. The third kappa shape index (κ3) is 4.40. The van der Waals surface area contributed by atoms with Gasteiger partial charge in [0.1, 0.15) is 10.7 Å². The highest BCUT2D eigenvalue weighted by molar-refractivity contribution is 7.13. The average molecular weight is 380 g/mol. The summed E-state index contributed by atoms with van der Waals surface area (Å²) in [6.45, 7) is 3.50. The van der Waals surface area contributed by atoms with Crippen LogP contribution >= 0.6 is 11.3 Å². The first-order valence-corrected chi connectivity index (χ1v) is 8.19. The molecule has 0 bridgehead atoms. The SMILES string of the molecule is Cc1nc(C)c(C(=O)O)s1.Nc1ccccc1-c1cc(F)c(F)cc1F. The minimum atomic E-state index is -1.21. The van der Waals surface area contributed by atoms with Gasteiger partial charge in [0.05, 0.1) is 10.7 Å². The van der Waals surface area contributed by atoms with Crippen molar-refractivity contribution in [3.63, 3.8) is 0 Å². The summed E-state index contributed by atoms with van der Waals surface area (Å²) in [7, 11) is 0. The molecule has 8 heteroatoms. The monoisotopic (exact) mass is 380 g/mol. The Hall–Kier alpha value is -2.87. The highest BCUT2D eigenvalue weighted by Crippen LogP contribution is 2.29. The summed E-state index contributed by atoms with van der Waals surface area (Å²) in [6, 6.07) is 7.75. The number of aryl methyl sites for hydroxylation is 2. The fourth-order valence-electron chi connectivity index (χ4n) is 2.20. The van der Waals surface area contributed by atoms with Crippen molar-refractivity contribution >= 4 is 23.0 Å². The van der Waals surface area contributed by atoms with Gasteiger partial charge >= 0.3 is 5.97 Å². The van der Waals surface area contributed by atoms with Crippen LogP contribution < -0.4 is 5.73 Å². The Kier molecular flexibility index (Phi) is 5.99. The number of aromatic carboxylic acids is 1. The number of carboxylic acids is 1. The molecule has 136 valence electrons. The lowest BCUT2D eigenvalue weighted by molar-refractivity contribution is 0.0701. The van der Waals surface area contributed by atoms with Crippen molar-refractivity contribution < 1.29 is 23.1 Å². The number of aromatic nitrogens is 1. The van der Waals surface area contributed by atoms with Crippen molar-refractivity contribution in [1.82, 2.24) is 4.98 Å². The normalized spacial score (nSPS) is 10.2. The molecule has 0 aliphatic carbocycles. The Morgan fingerprint density at radius 1 is 1.04 bits per heavy atom. The van der Waals surface area contributed by atoms with E-state index in [9.17, 15) is 18.0 Å². The van der Waals surface area contributed by atoms with Crippen molar-refractivity contribution in [2.24, 2.45) is 0 Å².